The van der Waals surface area contributed by atoms with Gasteiger partial charge in [0.15, 0.2) is 15.8 Å². The van der Waals surface area contributed by atoms with Gasteiger partial charge in [0.1, 0.15) is 0 Å². The molecular weight excluding hydrogens is 346 g/mol. The van der Waals surface area contributed by atoms with Crippen LogP contribution in [0.25, 0.3) is 6.08 Å². The summed E-state index contributed by atoms with van der Waals surface area (Å²) in [6, 6.07) is 5.55. The van der Waals surface area contributed by atoms with Gasteiger partial charge in [0.2, 0.25) is 11.0 Å². The van der Waals surface area contributed by atoms with Gasteiger partial charge in [-0.15, -0.1) is 10.2 Å². The van der Waals surface area contributed by atoms with Gasteiger partial charge in [0, 0.05) is 6.08 Å². The maximum Gasteiger partial charge on any atom is 0.250 e. The minimum Gasteiger partial charge on any atom is -0.490 e. The van der Waals surface area contributed by atoms with E-state index in [0.29, 0.717) is 29.8 Å². The summed E-state index contributed by atoms with van der Waals surface area (Å²) in [4.78, 5) is 11.9. The van der Waals surface area contributed by atoms with Gasteiger partial charge >= 0.3 is 0 Å². The molecule has 1 aromatic carbocycles. The monoisotopic (exact) mass is 365 g/mol. The zero-order valence-corrected chi connectivity index (χ0v) is 15.4. The van der Waals surface area contributed by atoms with Gasteiger partial charge < -0.3 is 9.47 Å². The van der Waals surface area contributed by atoms with Gasteiger partial charge in [-0.2, -0.15) is 0 Å². The molecule has 2 aromatic rings. The number of carbonyl (C=O) groups is 1. The molecule has 0 unspecified atom stereocenters. The number of ether oxygens (including phenoxy) is 2. The Morgan fingerprint density at radius 2 is 2.00 bits per heavy atom. The van der Waals surface area contributed by atoms with Crippen molar-refractivity contribution in [3.05, 3.63) is 29.8 Å². The first-order chi connectivity index (χ1) is 11.7. The van der Waals surface area contributed by atoms with E-state index in [1.54, 1.807) is 6.08 Å². The highest BCUT2D eigenvalue weighted by atomic mass is 32.2. The Labute approximate surface area is 149 Å². The van der Waals surface area contributed by atoms with Gasteiger partial charge in [-0.3, -0.25) is 10.1 Å². The van der Waals surface area contributed by atoms with E-state index in [9.17, 15) is 4.79 Å². The van der Waals surface area contributed by atoms with E-state index < -0.39 is 0 Å². The van der Waals surface area contributed by atoms with Gasteiger partial charge in [0.25, 0.3) is 0 Å². The van der Waals surface area contributed by atoms with Crippen LogP contribution in [0.15, 0.2) is 28.6 Å². The van der Waals surface area contributed by atoms with Crippen molar-refractivity contribution >= 4 is 40.2 Å². The molecular formula is C16H19N3O3S2. The number of benzene rings is 1. The lowest BCUT2D eigenvalue weighted by molar-refractivity contribution is -0.111. The first-order valence-corrected chi connectivity index (χ1v) is 9.46. The van der Waals surface area contributed by atoms with Crippen LogP contribution in [-0.4, -0.2) is 35.6 Å². The van der Waals surface area contributed by atoms with E-state index in [1.165, 1.54) is 29.2 Å². The van der Waals surface area contributed by atoms with E-state index in [2.05, 4.69) is 15.5 Å². The number of nitrogens with zero attached hydrogens (tertiary/aromatic N) is 2. The number of amides is 1. The van der Waals surface area contributed by atoms with Crippen LogP contribution in [0.3, 0.4) is 0 Å². The summed E-state index contributed by atoms with van der Waals surface area (Å²) in [6.45, 7) is 4.94. The van der Waals surface area contributed by atoms with Gasteiger partial charge in [-0.25, -0.2) is 0 Å². The maximum atomic E-state index is 11.9. The zero-order valence-electron chi connectivity index (χ0n) is 13.7. The van der Waals surface area contributed by atoms with Crippen LogP contribution in [0.4, 0.5) is 5.13 Å². The number of hydrogen-bond acceptors (Lipinski definition) is 7. The largest absolute Gasteiger partial charge is 0.490 e. The normalized spacial score (nSPS) is 10.8. The Morgan fingerprint density at radius 3 is 2.67 bits per heavy atom. The van der Waals surface area contributed by atoms with Crippen molar-refractivity contribution < 1.29 is 14.3 Å². The van der Waals surface area contributed by atoms with Crippen molar-refractivity contribution in [2.75, 3.05) is 24.8 Å². The van der Waals surface area contributed by atoms with Crippen LogP contribution in [-0.2, 0) is 4.79 Å². The molecule has 0 aliphatic rings. The Kier molecular flexibility index (Phi) is 7.07. The molecule has 0 spiro atoms. The minimum atomic E-state index is -0.259. The molecule has 1 N–H and O–H groups in total. The molecule has 128 valence electrons. The van der Waals surface area contributed by atoms with Crippen molar-refractivity contribution in [2.24, 2.45) is 0 Å². The average Bonchev–Trinajstić information content (AvgIpc) is 3.03. The fourth-order valence-corrected chi connectivity index (χ4v) is 3.01. The lowest BCUT2D eigenvalue weighted by atomic mass is 10.2. The average molecular weight is 365 g/mol. The Bertz CT molecular complexity index is 716. The zero-order chi connectivity index (χ0) is 17.4. The molecule has 24 heavy (non-hydrogen) atoms. The van der Waals surface area contributed by atoms with Crippen LogP contribution in [0.2, 0.25) is 0 Å². The number of rotatable bonds is 8. The predicted molar refractivity (Wildman–Crippen MR) is 98.1 cm³/mol. The van der Waals surface area contributed by atoms with Crippen LogP contribution >= 0.6 is 23.1 Å². The van der Waals surface area contributed by atoms with Gasteiger partial charge in [-0.05, 0) is 43.9 Å². The summed E-state index contributed by atoms with van der Waals surface area (Å²) < 4.78 is 11.9. The third-order valence-corrected chi connectivity index (χ3v) is 4.62. The number of anilines is 1. The van der Waals surface area contributed by atoms with Crippen LogP contribution in [0.5, 0.6) is 11.5 Å². The molecule has 1 aromatic heterocycles. The molecule has 8 heteroatoms. The number of carbonyl (C=O) groups excluding carboxylic acids is 1. The third kappa shape index (κ3) is 5.24. The Morgan fingerprint density at radius 1 is 1.25 bits per heavy atom. The second-order valence-electron chi connectivity index (χ2n) is 4.47. The Balaban J connectivity index is 2.04. The van der Waals surface area contributed by atoms with E-state index in [4.69, 9.17) is 9.47 Å². The quantitative estimate of drug-likeness (QED) is 0.437. The highest BCUT2D eigenvalue weighted by Gasteiger charge is 2.07. The van der Waals surface area contributed by atoms with E-state index in [1.807, 2.05) is 38.3 Å². The number of nitrogens with one attached hydrogen (secondary N) is 1. The maximum absolute atomic E-state index is 11.9. The molecule has 6 nitrogen and oxygen atoms in total. The number of hydrogen-bond donors (Lipinski definition) is 1. The highest BCUT2D eigenvalue weighted by molar-refractivity contribution is 8.00. The molecule has 0 atom stereocenters. The molecule has 0 fully saturated rings. The molecule has 0 radical (unpaired) electrons. The summed E-state index contributed by atoms with van der Waals surface area (Å²) in [5.41, 5.74) is 0.846. The van der Waals surface area contributed by atoms with Crippen molar-refractivity contribution in [3.8, 4) is 11.5 Å². The summed E-state index contributed by atoms with van der Waals surface area (Å²) in [5, 5.41) is 11.0. The summed E-state index contributed by atoms with van der Waals surface area (Å²) in [5.74, 6) is 1.10. The van der Waals surface area contributed by atoms with Gasteiger partial charge in [0.05, 0.1) is 13.2 Å². The van der Waals surface area contributed by atoms with Crippen LogP contribution in [0.1, 0.15) is 19.4 Å². The molecule has 0 aliphatic heterocycles. The summed E-state index contributed by atoms with van der Waals surface area (Å²) >= 11 is 2.83. The SMILES string of the molecule is CCOc1ccc(/C=C/C(=O)Nc2nnc(SC)s2)cc1OCC. The smallest absolute Gasteiger partial charge is 0.250 e. The fourth-order valence-electron chi connectivity index (χ4n) is 1.83. The first-order valence-electron chi connectivity index (χ1n) is 7.42. The fraction of sp³-hybridized carbons (Fsp3) is 0.312. The topological polar surface area (TPSA) is 73.3 Å². The number of aromatic nitrogens is 2. The molecule has 2 rings (SSSR count). The second kappa shape index (κ2) is 9.29. The highest BCUT2D eigenvalue weighted by Crippen LogP contribution is 2.29. The molecule has 0 bridgehead atoms. The van der Waals surface area contributed by atoms with Crippen molar-refractivity contribution in [1.82, 2.24) is 10.2 Å². The van der Waals surface area contributed by atoms with E-state index in [-0.39, 0.29) is 5.91 Å². The third-order valence-electron chi connectivity index (χ3n) is 2.81. The minimum absolute atomic E-state index is 0.259. The summed E-state index contributed by atoms with van der Waals surface area (Å²) in [7, 11) is 0. The molecule has 0 saturated heterocycles. The molecule has 1 heterocycles. The van der Waals surface area contributed by atoms with Crippen LogP contribution in [0, 0.1) is 0 Å². The Hall–Kier alpha value is -2.06. The van der Waals surface area contributed by atoms with Crippen molar-refractivity contribution in [2.45, 2.75) is 18.2 Å². The first kappa shape index (κ1) is 18.3. The van der Waals surface area contributed by atoms with E-state index in [0.717, 1.165) is 9.90 Å². The van der Waals surface area contributed by atoms with E-state index >= 15 is 0 Å². The van der Waals surface area contributed by atoms with Crippen molar-refractivity contribution in [1.29, 1.82) is 0 Å². The van der Waals surface area contributed by atoms with Crippen LogP contribution < -0.4 is 14.8 Å². The lowest BCUT2D eigenvalue weighted by Crippen LogP contribution is -2.07. The standard InChI is InChI=1S/C16H19N3O3S2/c1-4-21-12-8-6-11(10-13(12)22-5-2)7-9-14(20)17-15-18-19-16(23-3)24-15/h6-10H,4-5H2,1-3H3,(H,17,18,20)/b9-7+. The molecule has 0 saturated carbocycles. The lowest BCUT2D eigenvalue weighted by Gasteiger charge is -2.11. The summed E-state index contributed by atoms with van der Waals surface area (Å²) in [6.07, 6.45) is 5.07. The number of thioether (sulfide) groups is 1. The molecule has 0 aliphatic carbocycles. The predicted octanol–water partition coefficient (Wildman–Crippen LogP) is 3.71. The van der Waals surface area contributed by atoms with Crippen molar-refractivity contribution in [3.63, 3.8) is 0 Å². The molecule has 1 amide bonds. The van der Waals surface area contributed by atoms with Gasteiger partial charge in [-0.1, -0.05) is 29.2 Å². The second-order valence-corrected chi connectivity index (χ2v) is 6.50.